The Labute approximate surface area is 132 Å². The number of carbonyl (C=O) groups excluding carboxylic acids is 2. The third kappa shape index (κ3) is 4.41. The van der Waals surface area contributed by atoms with Crippen molar-refractivity contribution in [1.29, 1.82) is 0 Å². The fourth-order valence-corrected chi connectivity index (χ4v) is 2.84. The highest BCUT2D eigenvalue weighted by atomic mass is 16.5. The van der Waals surface area contributed by atoms with E-state index in [1.807, 2.05) is 9.80 Å². The van der Waals surface area contributed by atoms with Crippen LogP contribution in [0.3, 0.4) is 0 Å². The van der Waals surface area contributed by atoms with E-state index < -0.39 is 0 Å². The molecule has 2 fully saturated rings. The molecule has 126 valence electrons. The fourth-order valence-electron chi connectivity index (χ4n) is 2.84. The Balaban J connectivity index is 1.77. The monoisotopic (exact) mass is 312 g/mol. The van der Waals surface area contributed by atoms with Crippen LogP contribution in [0.5, 0.6) is 0 Å². The van der Waals surface area contributed by atoms with Crippen molar-refractivity contribution in [3.05, 3.63) is 0 Å². The molecule has 1 N–H and O–H groups in total. The number of hydrogen-bond donors (Lipinski definition) is 1. The number of nitrogens with one attached hydrogen (secondary N) is 1. The number of likely N-dealkylation sites (N-methyl/N-ethyl adjacent to an activating group) is 1. The van der Waals surface area contributed by atoms with Crippen molar-refractivity contribution in [2.75, 3.05) is 65.5 Å². The van der Waals surface area contributed by atoms with Gasteiger partial charge >= 0.3 is 0 Å². The first kappa shape index (κ1) is 17.2. The summed E-state index contributed by atoms with van der Waals surface area (Å²) in [5, 5.41) is 3.17. The van der Waals surface area contributed by atoms with Crippen molar-refractivity contribution < 1.29 is 14.3 Å². The van der Waals surface area contributed by atoms with Crippen LogP contribution in [0.1, 0.15) is 13.8 Å². The molecule has 22 heavy (non-hydrogen) atoms. The third-order valence-corrected chi connectivity index (χ3v) is 4.40. The van der Waals surface area contributed by atoms with Crippen molar-refractivity contribution in [2.45, 2.75) is 20.0 Å². The molecular weight excluding hydrogens is 284 g/mol. The van der Waals surface area contributed by atoms with Crippen molar-refractivity contribution in [1.82, 2.24) is 20.0 Å². The van der Waals surface area contributed by atoms with Gasteiger partial charge < -0.3 is 19.9 Å². The highest BCUT2D eigenvalue weighted by molar-refractivity contribution is 5.82. The Hall–Kier alpha value is -1.18. The van der Waals surface area contributed by atoms with Gasteiger partial charge in [0, 0.05) is 39.3 Å². The van der Waals surface area contributed by atoms with Crippen molar-refractivity contribution in [2.24, 2.45) is 0 Å². The van der Waals surface area contributed by atoms with E-state index in [0.717, 1.165) is 19.6 Å². The molecule has 0 aromatic carbocycles. The molecule has 2 heterocycles. The molecule has 2 amide bonds. The SMILES string of the molecule is CCN(CC)CC(=O)N1CCN(C(=O)C2CNCCO2)CC1. The van der Waals surface area contributed by atoms with Gasteiger partial charge in [-0.25, -0.2) is 0 Å². The number of piperazine rings is 1. The highest BCUT2D eigenvalue weighted by Crippen LogP contribution is 2.08. The Morgan fingerprint density at radius 3 is 2.32 bits per heavy atom. The number of amides is 2. The lowest BCUT2D eigenvalue weighted by Crippen LogP contribution is -2.56. The number of rotatable bonds is 5. The second-order valence-electron chi connectivity index (χ2n) is 5.73. The van der Waals surface area contributed by atoms with Gasteiger partial charge in [-0.3, -0.25) is 14.5 Å². The molecular formula is C15H28N4O3. The Bertz CT molecular complexity index is 373. The first-order valence-corrected chi connectivity index (χ1v) is 8.27. The minimum atomic E-state index is -0.369. The molecule has 0 aromatic rings. The summed E-state index contributed by atoms with van der Waals surface area (Å²) < 4.78 is 5.51. The van der Waals surface area contributed by atoms with Gasteiger partial charge in [0.1, 0.15) is 6.10 Å². The van der Waals surface area contributed by atoms with Crippen LogP contribution in [0.4, 0.5) is 0 Å². The third-order valence-electron chi connectivity index (χ3n) is 4.40. The Kier molecular flexibility index (Phi) is 6.60. The first-order chi connectivity index (χ1) is 10.7. The molecule has 0 saturated carbocycles. The van der Waals surface area contributed by atoms with E-state index in [0.29, 0.717) is 45.9 Å². The molecule has 2 aliphatic rings. The van der Waals surface area contributed by atoms with E-state index in [1.165, 1.54) is 0 Å². The van der Waals surface area contributed by atoms with Crippen LogP contribution in [0.15, 0.2) is 0 Å². The Morgan fingerprint density at radius 2 is 1.77 bits per heavy atom. The summed E-state index contributed by atoms with van der Waals surface area (Å²) in [5.41, 5.74) is 0. The largest absolute Gasteiger partial charge is 0.366 e. The van der Waals surface area contributed by atoms with Gasteiger partial charge in [-0.1, -0.05) is 13.8 Å². The van der Waals surface area contributed by atoms with Gasteiger partial charge in [-0.2, -0.15) is 0 Å². The van der Waals surface area contributed by atoms with Gasteiger partial charge in [-0.05, 0) is 13.1 Å². The average molecular weight is 312 g/mol. The number of hydrogen-bond acceptors (Lipinski definition) is 5. The molecule has 0 bridgehead atoms. The minimum absolute atomic E-state index is 0.0445. The van der Waals surface area contributed by atoms with Crippen LogP contribution in [-0.4, -0.2) is 98.1 Å². The Morgan fingerprint density at radius 1 is 1.14 bits per heavy atom. The average Bonchev–Trinajstić information content (AvgIpc) is 2.59. The van der Waals surface area contributed by atoms with Crippen LogP contribution in [-0.2, 0) is 14.3 Å². The maximum atomic E-state index is 12.3. The van der Waals surface area contributed by atoms with Crippen LogP contribution in [0.2, 0.25) is 0 Å². The van der Waals surface area contributed by atoms with Crippen molar-refractivity contribution in [3.8, 4) is 0 Å². The second-order valence-corrected chi connectivity index (χ2v) is 5.73. The summed E-state index contributed by atoms with van der Waals surface area (Å²) in [6, 6.07) is 0. The molecule has 7 nitrogen and oxygen atoms in total. The zero-order valence-corrected chi connectivity index (χ0v) is 13.7. The summed E-state index contributed by atoms with van der Waals surface area (Å²) >= 11 is 0. The summed E-state index contributed by atoms with van der Waals surface area (Å²) in [5.74, 6) is 0.203. The van der Waals surface area contributed by atoms with Gasteiger partial charge in [0.2, 0.25) is 5.91 Å². The smallest absolute Gasteiger partial charge is 0.253 e. The quantitative estimate of drug-likeness (QED) is 0.704. The lowest BCUT2D eigenvalue weighted by molar-refractivity contribution is -0.149. The highest BCUT2D eigenvalue weighted by Gasteiger charge is 2.30. The summed E-state index contributed by atoms with van der Waals surface area (Å²) in [4.78, 5) is 30.4. The molecule has 7 heteroatoms. The van der Waals surface area contributed by atoms with Crippen LogP contribution >= 0.6 is 0 Å². The maximum absolute atomic E-state index is 12.3. The normalized spacial score (nSPS) is 23.0. The lowest BCUT2D eigenvalue weighted by Gasteiger charge is -2.37. The molecule has 2 rings (SSSR count). The summed E-state index contributed by atoms with van der Waals surface area (Å²) in [6.07, 6.45) is -0.369. The van der Waals surface area contributed by atoms with E-state index in [-0.39, 0.29) is 17.9 Å². The number of morpholine rings is 1. The summed E-state index contributed by atoms with van der Waals surface area (Å²) in [7, 11) is 0. The number of nitrogens with zero attached hydrogens (tertiary/aromatic N) is 3. The molecule has 1 unspecified atom stereocenters. The molecule has 0 radical (unpaired) electrons. The van der Waals surface area contributed by atoms with E-state index in [1.54, 1.807) is 0 Å². The molecule has 1 atom stereocenters. The second kappa shape index (κ2) is 8.45. The molecule has 2 saturated heterocycles. The van der Waals surface area contributed by atoms with E-state index >= 15 is 0 Å². The number of carbonyl (C=O) groups is 2. The van der Waals surface area contributed by atoms with Crippen molar-refractivity contribution >= 4 is 11.8 Å². The van der Waals surface area contributed by atoms with E-state index in [9.17, 15) is 9.59 Å². The predicted octanol–water partition coefficient (Wildman–Crippen LogP) is -1.01. The predicted molar refractivity (Wildman–Crippen MR) is 83.6 cm³/mol. The summed E-state index contributed by atoms with van der Waals surface area (Å²) in [6.45, 7) is 10.8. The maximum Gasteiger partial charge on any atom is 0.253 e. The molecule has 0 aromatic heterocycles. The first-order valence-electron chi connectivity index (χ1n) is 8.27. The van der Waals surface area contributed by atoms with Crippen LogP contribution < -0.4 is 5.32 Å². The molecule has 0 spiro atoms. The van der Waals surface area contributed by atoms with E-state index in [2.05, 4.69) is 24.1 Å². The van der Waals surface area contributed by atoms with E-state index in [4.69, 9.17) is 4.74 Å². The van der Waals surface area contributed by atoms with Gasteiger partial charge in [0.25, 0.3) is 5.91 Å². The van der Waals surface area contributed by atoms with Crippen molar-refractivity contribution in [3.63, 3.8) is 0 Å². The van der Waals surface area contributed by atoms with Gasteiger partial charge in [-0.15, -0.1) is 0 Å². The van der Waals surface area contributed by atoms with Crippen LogP contribution in [0, 0.1) is 0 Å². The topological polar surface area (TPSA) is 65.1 Å². The van der Waals surface area contributed by atoms with Gasteiger partial charge in [0.15, 0.2) is 0 Å². The zero-order valence-electron chi connectivity index (χ0n) is 13.7. The minimum Gasteiger partial charge on any atom is -0.366 e. The van der Waals surface area contributed by atoms with Crippen LogP contribution in [0.25, 0.3) is 0 Å². The zero-order chi connectivity index (χ0) is 15.9. The molecule has 0 aliphatic carbocycles. The standard InChI is InChI=1S/C15H28N4O3/c1-3-17(4-2)12-14(20)18-6-8-19(9-7-18)15(21)13-11-16-5-10-22-13/h13,16H,3-12H2,1-2H3. The number of ether oxygens (including phenoxy) is 1. The van der Waals surface area contributed by atoms with Gasteiger partial charge in [0.05, 0.1) is 13.2 Å². The molecule has 2 aliphatic heterocycles. The fraction of sp³-hybridized carbons (Fsp3) is 0.867. The lowest BCUT2D eigenvalue weighted by atomic mass is 10.2.